The quantitative estimate of drug-likeness (QED) is 0.766. The van der Waals surface area contributed by atoms with Crippen molar-refractivity contribution in [1.29, 1.82) is 0 Å². The van der Waals surface area contributed by atoms with Crippen LogP contribution >= 0.6 is 11.6 Å². The average molecular weight is 366 g/mol. The number of ether oxygens (including phenoxy) is 2. The van der Waals surface area contributed by atoms with Crippen LogP contribution in [-0.2, 0) is 16.0 Å². The molecule has 2 aromatic rings. The summed E-state index contributed by atoms with van der Waals surface area (Å²) in [5.41, 5.74) is 1.03. The first kappa shape index (κ1) is 18.7. The summed E-state index contributed by atoms with van der Waals surface area (Å²) >= 11 is 5.80. The van der Waals surface area contributed by atoms with E-state index in [1.807, 2.05) is 12.1 Å². The third-order valence-electron chi connectivity index (χ3n) is 3.37. The maximum Gasteiger partial charge on any atom is 0.338 e. The first-order chi connectivity index (χ1) is 12.0. The van der Waals surface area contributed by atoms with Crippen LogP contribution in [0.25, 0.3) is 0 Å². The van der Waals surface area contributed by atoms with Gasteiger partial charge in [0.1, 0.15) is 0 Å². The summed E-state index contributed by atoms with van der Waals surface area (Å²) in [4.78, 5) is 23.5. The Morgan fingerprint density at radius 1 is 1.16 bits per heavy atom. The SMILES string of the molecule is COc1ccc(C(=O)OCC(=O)NCCc2ccc(Cl)cc2)cc1F. The van der Waals surface area contributed by atoms with Gasteiger partial charge < -0.3 is 14.8 Å². The van der Waals surface area contributed by atoms with Crippen LogP contribution in [0.1, 0.15) is 15.9 Å². The largest absolute Gasteiger partial charge is 0.494 e. The van der Waals surface area contributed by atoms with Crippen molar-refractivity contribution in [2.75, 3.05) is 20.3 Å². The second-order valence-electron chi connectivity index (χ2n) is 5.15. The van der Waals surface area contributed by atoms with Gasteiger partial charge in [-0.3, -0.25) is 4.79 Å². The molecule has 0 aliphatic carbocycles. The summed E-state index contributed by atoms with van der Waals surface area (Å²) < 4.78 is 23.2. The van der Waals surface area contributed by atoms with Crippen LogP contribution in [0.5, 0.6) is 5.75 Å². The lowest BCUT2D eigenvalue weighted by Gasteiger charge is -2.08. The van der Waals surface area contributed by atoms with E-state index in [0.717, 1.165) is 11.6 Å². The number of carbonyl (C=O) groups is 2. The van der Waals surface area contributed by atoms with Gasteiger partial charge in [-0.2, -0.15) is 0 Å². The summed E-state index contributed by atoms with van der Waals surface area (Å²) in [5, 5.41) is 3.29. The predicted molar refractivity (Wildman–Crippen MR) is 91.4 cm³/mol. The number of esters is 1. The fourth-order valence-electron chi connectivity index (χ4n) is 2.06. The number of rotatable bonds is 7. The molecule has 0 bridgehead atoms. The summed E-state index contributed by atoms with van der Waals surface area (Å²) in [6.45, 7) is -0.0394. The molecule has 2 aromatic carbocycles. The molecule has 0 saturated heterocycles. The zero-order chi connectivity index (χ0) is 18.2. The highest BCUT2D eigenvalue weighted by Crippen LogP contribution is 2.18. The molecule has 1 N–H and O–H groups in total. The van der Waals surface area contributed by atoms with Crippen LogP contribution in [0.3, 0.4) is 0 Å². The van der Waals surface area contributed by atoms with Crippen molar-refractivity contribution in [1.82, 2.24) is 5.32 Å². The number of hydrogen-bond donors (Lipinski definition) is 1. The van der Waals surface area contributed by atoms with E-state index in [1.165, 1.54) is 19.2 Å². The number of halogens is 2. The lowest BCUT2D eigenvalue weighted by Crippen LogP contribution is -2.30. The Hall–Kier alpha value is -2.60. The minimum absolute atomic E-state index is 0.00673. The molecule has 132 valence electrons. The molecule has 25 heavy (non-hydrogen) atoms. The standard InChI is InChI=1S/C18H17ClFNO4/c1-24-16-7-4-13(10-15(16)20)18(23)25-11-17(22)21-9-8-12-2-5-14(19)6-3-12/h2-7,10H,8-9,11H2,1H3,(H,21,22). The molecule has 0 radical (unpaired) electrons. The van der Waals surface area contributed by atoms with E-state index < -0.39 is 24.3 Å². The zero-order valence-corrected chi connectivity index (χ0v) is 14.3. The Kier molecular flexibility index (Phi) is 6.77. The van der Waals surface area contributed by atoms with Crippen molar-refractivity contribution >= 4 is 23.5 Å². The number of nitrogens with one attached hydrogen (secondary N) is 1. The molecule has 5 nitrogen and oxygen atoms in total. The summed E-state index contributed by atoms with van der Waals surface area (Å²) in [5.74, 6) is -1.87. The van der Waals surface area contributed by atoms with Crippen LogP contribution in [-0.4, -0.2) is 32.1 Å². The minimum Gasteiger partial charge on any atom is -0.494 e. The van der Waals surface area contributed by atoms with Crippen LogP contribution in [0.4, 0.5) is 4.39 Å². The van der Waals surface area contributed by atoms with E-state index in [9.17, 15) is 14.0 Å². The third-order valence-corrected chi connectivity index (χ3v) is 3.62. The van der Waals surface area contributed by atoms with Crippen molar-refractivity contribution in [2.45, 2.75) is 6.42 Å². The van der Waals surface area contributed by atoms with Crippen molar-refractivity contribution in [3.05, 3.63) is 64.4 Å². The molecule has 0 heterocycles. The Bertz CT molecular complexity index is 749. The molecule has 0 aliphatic heterocycles. The van der Waals surface area contributed by atoms with Gasteiger partial charge in [-0.25, -0.2) is 9.18 Å². The van der Waals surface area contributed by atoms with Crippen molar-refractivity contribution < 1.29 is 23.5 Å². The maximum atomic E-state index is 13.5. The summed E-state index contributed by atoms with van der Waals surface area (Å²) in [7, 11) is 1.32. The molecule has 1 amide bonds. The number of amides is 1. The Morgan fingerprint density at radius 3 is 2.52 bits per heavy atom. The molecule has 7 heteroatoms. The first-order valence-electron chi connectivity index (χ1n) is 7.51. The lowest BCUT2D eigenvalue weighted by atomic mass is 10.1. The van der Waals surface area contributed by atoms with E-state index in [-0.39, 0.29) is 11.3 Å². The summed E-state index contributed by atoms with van der Waals surface area (Å²) in [6.07, 6.45) is 0.626. The van der Waals surface area contributed by atoms with Crippen LogP contribution < -0.4 is 10.1 Å². The summed E-state index contributed by atoms with van der Waals surface area (Å²) in [6, 6.07) is 11.0. The van der Waals surface area contributed by atoms with Gasteiger partial charge in [0.25, 0.3) is 5.91 Å². The van der Waals surface area contributed by atoms with E-state index in [1.54, 1.807) is 12.1 Å². The van der Waals surface area contributed by atoms with Gasteiger partial charge in [-0.1, -0.05) is 23.7 Å². The van der Waals surface area contributed by atoms with Crippen LogP contribution in [0.15, 0.2) is 42.5 Å². The maximum absolute atomic E-state index is 13.5. The second kappa shape index (κ2) is 9.03. The fourth-order valence-corrected chi connectivity index (χ4v) is 2.18. The Labute approximate surface area is 149 Å². The number of hydrogen-bond acceptors (Lipinski definition) is 4. The molecule has 0 aliphatic rings. The topological polar surface area (TPSA) is 64.6 Å². The van der Waals surface area contributed by atoms with E-state index in [4.69, 9.17) is 21.1 Å². The monoisotopic (exact) mass is 365 g/mol. The van der Waals surface area contributed by atoms with E-state index in [0.29, 0.717) is 18.0 Å². The fraction of sp³-hybridized carbons (Fsp3) is 0.222. The van der Waals surface area contributed by atoms with Gasteiger partial charge >= 0.3 is 5.97 Å². The van der Waals surface area contributed by atoms with Crippen molar-refractivity contribution in [3.63, 3.8) is 0 Å². The van der Waals surface area contributed by atoms with Gasteiger partial charge in [0, 0.05) is 11.6 Å². The Morgan fingerprint density at radius 2 is 1.88 bits per heavy atom. The van der Waals surface area contributed by atoms with E-state index in [2.05, 4.69) is 5.32 Å². The average Bonchev–Trinajstić information content (AvgIpc) is 2.61. The highest BCUT2D eigenvalue weighted by molar-refractivity contribution is 6.30. The van der Waals surface area contributed by atoms with Gasteiger partial charge in [-0.05, 0) is 42.3 Å². The normalized spacial score (nSPS) is 10.2. The third kappa shape index (κ3) is 5.76. The Balaban J connectivity index is 1.74. The highest BCUT2D eigenvalue weighted by Gasteiger charge is 2.13. The number of methoxy groups -OCH3 is 1. The lowest BCUT2D eigenvalue weighted by molar-refractivity contribution is -0.124. The molecule has 0 atom stereocenters. The van der Waals surface area contributed by atoms with Gasteiger partial charge in [-0.15, -0.1) is 0 Å². The predicted octanol–water partition coefficient (Wildman–Crippen LogP) is 3.00. The molecule has 0 fully saturated rings. The number of benzene rings is 2. The first-order valence-corrected chi connectivity index (χ1v) is 7.89. The molecule has 0 saturated carbocycles. The smallest absolute Gasteiger partial charge is 0.338 e. The molecule has 0 aromatic heterocycles. The molecule has 2 rings (SSSR count). The number of carbonyl (C=O) groups excluding carboxylic acids is 2. The second-order valence-corrected chi connectivity index (χ2v) is 5.59. The van der Waals surface area contributed by atoms with Gasteiger partial charge in [0.05, 0.1) is 12.7 Å². The van der Waals surface area contributed by atoms with Crippen LogP contribution in [0.2, 0.25) is 5.02 Å². The van der Waals surface area contributed by atoms with E-state index >= 15 is 0 Å². The highest BCUT2D eigenvalue weighted by atomic mass is 35.5. The van der Waals surface area contributed by atoms with Gasteiger partial charge in [0.2, 0.25) is 0 Å². The molecular formula is C18H17ClFNO4. The van der Waals surface area contributed by atoms with Crippen LogP contribution in [0, 0.1) is 5.82 Å². The molecular weight excluding hydrogens is 349 g/mol. The molecule has 0 spiro atoms. The zero-order valence-electron chi connectivity index (χ0n) is 13.6. The van der Waals surface area contributed by atoms with Crippen molar-refractivity contribution in [3.8, 4) is 5.75 Å². The van der Waals surface area contributed by atoms with Crippen molar-refractivity contribution in [2.24, 2.45) is 0 Å². The van der Waals surface area contributed by atoms with Gasteiger partial charge in [0.15, 0.2) is 18.2 Å². The minimum atomic E-state index is -0.783. The molecule has 0 unspecified atom stereocenters.